The molecule has 0 fully saturated rings. The third-order valence-electron chi connectivity index (χ3n) is 5.57. The topological polar surface area (TPSA) is 66.1 Å². The molecule has 170 valence electrons. The highest BCUT2D eigenvalue weighted by atomic mass is 32.2. The Morgan fingerprint density at radius 3 is 2.61 bits per heavy atom. The minimum Gasteiger partial charge on any atom is -0.312 e. The molecular weight excluding hydrogens is 450 g/mol. The van der Waals surface area contributed by atoms with Crippen LogP contribution in [0.15, 0.2) is 63.9 Å². The fraction of sp³-hybridized carbons (Fsp3) is 0.269. The van der Waals surface area contributed by atoms with Crippen LogP contribution in [0.1, 0.15) is 37.8 Å². The van der Waals surface area contributed by atoms with Crippen LogP contribution in [0.2, 0.25) is 0 Å². The van der Waals surface area contributed by atoms with Gasteiger partial charge in [0, 0.05) is 23.2 Å². The van der Waals surface area contributed by atoms with Crippen LogP contribution >= 0.6 is 23.1 Å². The van der Waals surface area contributed by atoms with Gasteiger partial charge in [0.15, 0.2) is 5.16 Å². The molecule has 0 unspecified atom stereocenters. The van der Waals surface area contributed by atoms with E-state index >= 15 is 0 Å². The van der Waals surface area contributed by atoms with Crippen LogP contribution < -0.4 is 10.5 Å². The lowest BCUT2D eigenvalue weighted by Crippen LogP contribution is -2.32. The third-order valence-corrected chi connectivity index (χ3v) is 7.30. The normalized spacial score (nSPS) is 11.3. The molecule has 2 aromatic carbocycles. The minimum atomic E-state index is -0.176. The Morgan fingerprint density at radius 2 is 1.94 bits per heavy atom. The molecule has 0 saturated carbocycles. The number of aryl methyl sites for hydroxylation is 1. The van der Waals surface area contributed by atoms with Crippen molar-refractivity contribution in [2.75, 3.05) is 17.2 Å². The molecule has 4 rings (SSSR count). The number of anilines is 1. The molecule has 0 aliphatic carbocycles. The van der Waals surface area contributed by atoms with Gasteiger partial charge in [0.25, 0.3) is 5.56 Å². The maximum absolute atomic E-state index is 12.9. The number of H-pyrrole nitrogens is 1. The van der Waals surface area contributed by atoms with Crippen molar-refractivity contribution in [2.45, 2.75) is 38.8 Å². The van der Waals surface area contributed by atoms with E-state index in [2.05, 4.69) is 48.1 Å². The summed E-state index contributed by atoms with van der Waals surface area (Å²) in [4.78, 5) is 35.7. The molecule has 2 aromatic heterocycles. The summed E-state index contributed by atoms with van der Waals surface area (Å²) in [6.45, 7) is 8.87. The molecule has 0 saturated heterocycles. The number of thiophene rings is 1. The van der Waals surface area contributed by atoms with E-state index in [4.69, 9.17) is 0 Å². The fourth-order valence-electron chi connectivity index (χ4n) is 3.76. The Hall–Kier alpha value is -2.90. The van der Waals surface area contributed by atoms with E-state index in [1.807, 2.05) is 43.5 Å². The van der Waals surface area contributed by atoms with Gasteiger partial charge in [0.05, 0.1) is 11.1 Å². The highest BCUT2D eigenvalue weighted by molar-refractivity contribution is 7.99. The molecule has 1 amide bonds. The summed E-state index contributed by atoms with van der Waals surface area (Å²) in [5.74, 6) is 0.638. The lowest BCUT2D eigenvalue weighted by molar-refractivity contribution is -0.116. The van der Waals surface area contributed by atoms with Crippen molar-refractivity contribution in [1.29, 1.82) is 0 Å². The first-order valence-corrected chi connectivity index (χ1v) is 12.9. The van der Waals surface area contributed by atoms with Crippen LogP contribution in [0.5, 0.6) is 0 Å². The smallest absolute Gasteiger partial charge is 0.260 e. The number of carbonyl (C=O) groups excluding carboxylic acids is 1. The Labute approximate surface area is 201 Å². The lowest BCUT2D eigenvalue weighted by atomic mass is 9.99. The number of nitrogens with one attached hydrogen (secondary N) is 1. The summed E-state index contributed by atoms with van der Waals surface area (Å²) in [5, 5.41) is 3.04. The molecule has 0 bridgehead atoms. The average Bonchev–Trinajstić information content (AvgIpc) is 3.23. The van der Waals surface area contributed by atoms with E-state index in [-0.39, 0.29) is 17.2 Å². The highest BCUT2D eigenvalue weighted by Crippen LogP contribution is 2.32. The van der Waals surface area contributed by atoms with Gasteiger partial charge in [-0.1, -0.05) is 62.0 Å². The van der Waals surface area contributed by atoms with E-state index in [9.17, 15) is 9.59 Å². The van der Waals surface area contributed by atoms with E-state index < -0.39 is 0 Å². The number of benzene rings is 2. The quantitative estimate of drug-likeness (QED) is 0.253. The van der Waals surface area contributed by atoms with Crippen LogP contribution in [-0.2, 0) is 4.79 Å². The maximum Gasteiger partial charge on any atom is 0.260 e. The van der Waals surface area contributed by atoms with Crippen molar-refractivity contribution in [3.8, 4) is 11.1 Å². The molecule has 0 aliphatic heterocycles. The van der Waals surface area contributed by atoms with E-state index in [0.717, 1.165) is 22.4 Å². The van der Waals surface area contributed by atoms with Crippen LogP contribution in [0.3, 0.4) is 0 Å². The number of hydrogen-bond acceptors (Lipinski definition) is 5. The number of hydrogen-bond donors (Lipinski definition) is 1. The second-order valence-electron chi connectivity index (χ2n) is 8.24. The summed E-state index contributed by atoms with van der Waals surface area (Å²) in [5.41, 5.74) is 4.97. The molecule has 7 heteroatoms. The van der Waals surface area contributed by atoms with Gasteiger partial charge >= 0.3 is 0 Å². The first kappa shape index (κ1) is 23.3. The van der Waals surface area contributed by atoms with Gasteiger partial charge in [-0.25, -0.2) is 4.98 Å². The molecule has 0 atom stereocenters. The Morgan fingerprint density at radius 1 is 1.18 bits per heavy atom. The minimum absolute atomic E-state index is 0.0204. The molecule has 0 radical (unpaired) electrons. The zero-order chi connectivity index (χ0) is 23.5. The van der Waals surface area contributed by atoms with Crippen molar-refractivity contribution < 1.29 is 4.79 Å². The zero-order valence-electron chi connectivity index (χ0n) is 19.2. The Bertz CT molecular complexity index is 1340. The van der Waals surface area contributed by atoms with Gasteiger partial charge in [-0.3, -0.25) is 9.59 Å². The summed E-state index contributed by atoms with van der Waals surface area (Å²) < 4.78 is 0. The molecule has 0 spiro atoms. The van der Waals surface area contributed by atoms with E-state index in [0.29, 0.717) is 27.8 Å². The highest BCUT2D eigenvalue weighted by Gasteiger charge is 2.17. The number of thioether (sulfide) groups is 1. The zero-order valence-corrected chi connectivity index (χ0v) is 20.8. The molecule has 0 aliphatic rings. The lowest BCUT2D eigenvalue weighted by Gasteiger charge is -2.21. The first-order chi connectivity index (χ1) is 15.9. The predicted molar refractivity (Wildman–Crippen MR) is 140 cm³/mol. The number of rotatable bonds is 7. The van der Waals surface area contributed by atoms with Gasteiger partial charge in [0.1, 0.15) is 4.83 Å². The van der Waals surface area contributed by atoms with E-state index in [1.165, 1.54) is 28.7 Å². The van der Waals surface area contributed by atoms with Gasteiger partial charge in [-0.05, 0) is 48.6 Å². The van der Waals surface area contributed by atoms with Crippen LogP contribution in [0.25, 0.3) is 21.3 Å². The number of fused-ring (bicyclic) bond motifs is 1. The second kappa shape index (κ2) is 9.93. The van der Waals surface area contributed by atoms with Crippen LogP contribution in [-0.4, -0.2) is 28.2 Å². The molecule has 2 heterocycles. The summed E-state index contributed by atoms with van der Waals surface area (Å²) in [6.07, 6.45) is 0. The number of nitrogens with zero attached hydrogens (tertiary/aromatic N) is 2. The van der Waals surface area contributed by atoms with Crippen LogP contribution in [0.4, 0.5) is 5.69 Å². The van der Waals surface area contributed by atoms with E-state index in [1.54, 1.807) is 4.90 Å². The Kier molecular flexibility index (Phi) is 7.00. The van der Waals surface area contributed by atoms with Crippen molar-refractivity contribution in [3.63, 3.8) is 0 Å². The van der Waals surface area contributed by atoms with Gasteiger partial charge < -0.3 is 9.88 Å². The molecular formula is C26H27N3O2S2. The fourth-order valence-corrected chi connectivity index (χ4v) is 5.51. The third kappa shape index (κ3) is 5.04. The van der Waals surface area contributed by atoms with Crippen molar-refractivity contribution in [1.82, 2.24) is 9.97 Å². The predicted octanol–water partition coefficient (Wildman–Crippen LogP) is 6.23. The van der Waals surface area contributed by atoms with Crippen molar-refractivity contribution in [3.05, 3.63) is 75.4 Å². The summed E-state index contributed by atoms with van der Waals surface area (Å²) in [6, 6.07) is 16.2. The number of amides is 1. The second-order valence-corrected chi connectivity index (χ2v) is 10.1. The van der Waals surface area contributed by atoms with Gasteiger partial charge in [-0.2, -0.15) is 0 Å². The molecule has 1 N–H and O–H groups in total. The first-order valence-electron chi connectivity index (χ1n) is 11.0. The van der Waals surface area contributed by atoms with Crippen molar-refractivity contribution in [2.24, 2.45) is 0 Å². The van der Waals surface area contributed by atoms with Gasteiger partial charge in [-0.15, -0.1) is 11.3 Å². The van der Waals surface area contributed by atoms with Crippen molar-refractivity contribution >= 4 is 44.9 Å². The number of aromatic nitrogens is 2. The largest absolute Gasteiger partial charge is 0.312 e. The SMILES string of the molecule is CCN(C(=O)CSc1nc2scc(-c3ccc(C(C)C)cc3)c2c(=O)[nH]1)c1cccc(C)c1. The van der Waals surface area contributed by atoms with Crippen LogP contribution in [0, 0.1) is 6.92 Å². The number of aromatic amines is 1. The average molecular weight is 478 g/mol. The number of carbonyl (C=O) groups is 1. The monoisotopic (exact) mass is 477 g/mol. The molecule has 4 aromatic rings. The Balaban J connectivity index is 1.54. The standard InChI is InChI=1S/C26H27N3O2S2/c1-5-29(20-8-6-7-17(4)13-20)22(30)15-33-26-27-24(31)23-21(14-32-25(23)28-26)19-11-9-18(10-12-19)16(2)3/h6-14,16H,5,15H2,1-4H3,(H,27,28,31). The summed E-state index contributed by atoms with van der Waals surface area (Å²) >= 11 is 2.71. The molecule has 5 nitrogen and oxygen atoms in total. The van der Waals surface area contributed by atoms with Gasteiger partial charge in [0.2, 0.25) is 5.91 Å². The maximum atomic E-state index is 12.9. The molecule has 33 heavy (non-hydrogen) atoms. The summed E-state index contributed by atoms with van der Waals surface area (Å²) in [7, 11) is 0.